The van der Waals surface area contributed by atoms with E-state index in [1.807, 2.05) is 0 Å². The van der Waals surface area contributed by atoms with E-state index in [4.69, 9.17) is 5.73 Å². The van der Waals surface area contributed by atoms with E-state index in [1.165, 1.54) is 6.42 Å². The van der Waals surface area contributed by atoms with Gasteiger partial charge in [-0.25, -0.2) is 8.78 Å². The van der Waals surface area contributed by atoms with Gasteiger partial charge in [-0.2, -0.15) is 0 Å². The topological polar surface area (TPSA) is 58.4 Å². The molecule has 2 aliphatic heterocycles. The van der Waals surface area contributed by atoms with Crippen molar-refractivity contribution in [3.05, 3.63) is 29.3 Å². The molecule has 3 N–H and O–H groups in total. The number of halogens is 2. The van der Waals surface area contributed by atoms with Crippen molar-refractivity contribution in [1.29, 1.82) is 0 Å². The van der Waals surface area contributed by atoms with Crippen LogP contribution < -0.4 is 11.1 Å². The Kier molecular flexibility index (Phi) is 3.80. The van der Waals surface area contributed by atoms with Gasteiger partial charge in [-0.15, -0.1) is 0 Å². The molecule has 2 saturated heterocycles. The first kappa shape index (κ1) is 14.3. The number of fused-ring (bicyclic) bond motifs is 1. The highest BCUT2D eigenvalue weighted by atomic mass is 19.1. The van der Waals surface area contributed by atoms with Crippen molar-refractivity contribution in [1.82, 2.24) is 10.2 Å². The van der Waals surface area contributed by atoms with Gasteiger partial charge in [-0.1, -0.05) is 6.42 Å². The molecule has 2 heterocycles. The fourth-order valence-electron chi connectivity index (χ4n) is 3.43. The van der Waals surface area contributed by atoms with E-state index in [0.717, 1.165) is 44.5 Å². The van der Waals surface area contributed by atoms with Crippen LogP contribution in [0.4, 0.5) is 14.5 Å². The van der Waals surface area contributed by atoms with Gasteiger partial charge in [0, 0.05) is 18.6 Å². The molecule has 0 radical (unpaired) electrons. The quantitative estimate of drug-likeness (QED) is 0.819. The number of nitrogen functional groups attached to an aromatic ring is 1. The standard InChI is InChI=1S/C15H19F2N3O/c16-9-4-5-10(18)14(17)13(9)15(21)19-11-6-8-20-7-2-1-3-12(11)20/h4-5,11-12H,1-3,6-8,18H2,(H,19,21). The van der Waals surface area contributed by atoms with Crippen molar-refractivity contribution in [3.63, 3.8) is 0 Å². The summed E-state index contributed by atoms with van der Waals surface area (Å²) in [6.45, 7) is 1.97. The summed E-state index contributed by atoms with van der Waals surface area (Å²) in [5.41, 5.74) is 4.62. The summed E-state index contributed by atoms with van der Waals surface area (Å²) < 4.78 is 27.6. The van der Waals surface area contributed by atoms with Gasteiger partial charge in [0.05, 0.1) is 5.69 Å². The molecule has 2 unspecified atom stereocenters. The van der Waals surface area contributed by atoms with E-state index in [9.17, 15) is 13.6 Å². The Morgan fingerprint density at radius 3 is 2.86 bits per heavy atom. The molecule has 0 spiro atoms. The Labute approximate surface area is 122 Å². The van der Waals surface area contributed by atoms with Crippen molar-refractivity contribution in [2.75, 3.05) is 18.8 Å². The molecule has 4 nitrogen and oxygen atoms in total. The van der Waals surface area contributed by atoms with Crippen LogP contribution in [-0.4, -0.2) is 36.0 Å². The average molecular weight is 295 g/mol. The monoisotopic (exact) mass is 295 g/mol. The van der Waals surface area contributed by atoms with E-state index >= 15 is 0 Å². The van der Waals surface area contributed by atoms with Crippen LogP contribution in [0.15, 0.2) is 12.1 Å². The van der Waals surface area contributed by atoms with Crippen LogP contribution in [0.3, 0.4) is 0 Å². The van der Waals surface area contributed by atoms with Crippen molar-refractivity contribution >= 4 is 11.6 Å². The summed E-state index contributed by atoms with van der Waals surface area (Å²) >= 11 is 0. The Bertz CT molecular complexity index is 564. The molecule has 2 aliphatic rings. The van der Waals surface area contributed by atoms with Crippen LogP contribution in [0, 0.1) is 11.6 Å². The minimum absolute atomic E-state index is 0.0435. The first-order valence-electron chi connectivity index (χ1n) is 7.36. The van der Waals surface area contributed by atoms with Gasteiger partial charge in [0.25, 0.3) is 5.91 Å². The number of carbonyl (C=O) groups is 1. The summed E-state index contributed by atoms with van der Waals surface area (Å²) in [7, 11) is 0. The molecule has 2 atom stereocenters. The van der Waals surface area contributed by atoms with Crippen molar-refractivity contribution in [3.8, 4) is 0 Å². The molecular formula is C15H19F2N3O. The largest absolute Gasteiger partial charge is 0.396 e. The maximum atomic E-state index is 13.9. The van der Waals surface area contributed by atoms with Crippen LogP contribution in [0.25, 0.3) is 0 Å². The van der Waals surface area contributed by atoms with E-state index in [-0.39, 0.29) is 17.8 Å². The molecular weight excluding hydrogens is 276 g/mol. The molecule has 1 amide bonds. The normalized spacial score (nSPS) is 25.6. The predicted octanol–water partition coefficient (Wildman–Crippen LogP) is 1.90. The first-order valence-corrected chi connectivity index (χ1v) is 7.36. The third kappa shape index (κ3) is 2.60. The maximum Gasteiger partial charge on any atom is 0.257 e. The number of nitrogens with two attached hydrogens (primary N) is 1. The molecule has 0 aromatic heterocycles. The second-order valence-electron chi connectivity index (χ2n) is 5.79. The van der Waals surface area contributed by atoms with E-state index in [1.54, 1.807) is 0 Å². The Balaban J connectivity index is 1.77. The molecule has 0 aliphatic carbocycles. The first-order chi connectivity index (χ1) is 10.1. The minimum atomic E-state index is -0.981. The second-order valence-corrected chi connectivity index (χ2v) is 5.79. The van der Waals surface area contributed by atoms with Crippen LogP contribution in [0.1, 0.15) is 36.0 Å². The lowest BCUT2D eigenvalue weighted by Crippen LogP contribution is -2.47. The third-order valence-corrected chi connectivity index (χ3v) is 4.52. The molecule has 0 bridgehead atoms. The van der Waals surface area contributed by atoms with E-state index in [0.29, 0.717) is 0 Å². The lowest BCUT2D eigenvalue weighted by molar-refractivity contribution is 0.0907. The number of carbonyl (C=O) groups excluding carboxylic acids is 1. The highest BCUT2D eigenvalue weighted by Crippen LogP contribution is 2.28. The highest BCUT2D eigenvalue weighted by Gasteiger charge is 2.37. The smallest absolute Gasteiger partial charge is 0.257 e. The van der Waals surface area contributed by atoms with E-state index in [2.05, 4.69) is 10.2 Å². The summed E-state index contributed by atoms with van der Waals surface area (Å²) in [5.74, 6) is -2.57. The lowest BCUT2D eigenvalue weighted by atomic mass is 9.98. The lowest BCUT2D eigenvalue weighted by Gasteiger charge is -2.32. The van der Waals surface area contributed by atoms with E-state index < -0.39 is 23.1 Å². The van der Waals surface area contributed by atoms with Crippen LogP contribution >= 0.6 is 0 Å². The number of hydrogen-bond donors (Lipinski definition) is 2. The van der Waals surface area contributed by atoms with Gasteiger partial charge in [-0.05, 0) is 37.9 Å². The number of nitrogens with zero attached hydrogens (tertiary/aromatic N) is 1. The maximum absolute atomic E-state index is 13.9. The van der Waals surface area contributed by atoms with Crippen LogP contribution in [-0.2, 0) is 0 Å². The molecule has 21 heavy (non-hydrogen) atoms. The highest BCUT2D eigenvalue weighted by molar-refractivity contribution is 5.96. The van der Waals surface area contributed by atoms with Gasteiger partial charge in [0.15, 0.2) is 5.82 Å². The predicted molar refractivity (Wildman–Crippen MR) is 75.9 cm³/mol. The fourth-order valence-corrected chi connectivity index (χ4v) is 3.43. The van der Waals surface area contributed by atoms with Crippen molar-refractivity contribution in [2.24, 2.45) is 0 Å². The summed E-state index contributed by atoms with van der Waals surface area (Å²) in [6, 6.07) is 2.39. The Morgan fingerprint density at radius 2 is 2.05 bits per heavy atom. The zero-order valence-electron chi connectivity index (χ0n) is 11.7. The Hall–Kier alpha value is -1.69. The molecule has 6 heteroatoms. The number of hydrogen-bond acceptors (Lipinski definition) is 3. The fraction of sp³-hybridized carbons (Fsp3) is 0.533. The van der Waals surface area contributed by atoms with Gasteiger partial charge in [-0.3, -0.25) is 9.69 Å². The average Bonchev–Trinajstić information content (AvgIpc) is 2.87. The molecule has 114 valence electrons. The Morgan fingerprint density at radius 1 is 1.24 bits per heavy atom. The minimum Gasteiger partial charge on any atom is -0.396 e. The zero-order valence-corrected chi connectivity index (χ0v) is 11.7. The molecule has 0 saturated carbocycles. The number of amides is 1. The number of anilines is 1. The van der Waals surface area contributed by atoms with Gasteiger partial charge >= 0.3 is 0 Å². The van der Waals surface area contributed by atoms with Crippen LogP contribution in [0.5, 0.6) is 0 Å². The number of piperidine rings is 1. The molecule has 3 rings (SSSR count). The third-order valence-electron chi connectivity index (χ3n) is 4.52. The molecule has 1 aromatic carbocycles. The van der Waals surface area contributed by atoms with Crippen molar-refractivity contribution < 1.29 is 13.6 Å². The number of nitrogens with one attached hydrogen (secondary N) is 1. The number of benzene rings is 1. The number of rotatable bonds is 2. The van der Waals surface area contributed by atoms with Crippen molar-refractivity contribution in [2.45, 2.75) is 37.8 Å². The summed E-state index contributed by atoms with van der Waals surface area (Å²) in [4.78, 5) is 14.6. The van der Waals surface area contributed by atoms with Gasteiger partial charge in [0.2, 0.25) is 0 Å². The van der Waals surface area contributed by atoms with Gasteiger partial charge < -0.3 is 11.1 Å². The van der Waals surface area contributed by atoms with Crippen LogP contribution in [0.2, 0.25) is 0 Å². The molecule has 1 aromatic rings. The zero-order chi connectivity index (χ0) is 15.0. The second kappa shape index (κ2) is 5.60. The van der Waals surface area contributed by atoms with Gasteiger partial charge in [0.1, 0.15) is 11.4 Å². The summed E-state index contributed by atoms with van der Waals surface area (Å²) in [6.07, 6.45) is 4.15. The SMILES string of the molecule is Nc1ccc(F)c(C(=O)NC2CCN3CCCCC23)c1F. The summed E-state index contributed by atoms with van der Waals surface area (Å²) in [5, 5.41) is 2.79. The molecule has 2 fully saturated rings.